The molecule has 1 aliphatic rings. The van der Waals surface area contributed by atoms with Crippen LogP contribution in [0.2, 0.25) is 0 Å². The zero-order valence-electron chi connectivity index (χ0n) is 18.8. The van der Waals surface area contributed by atoms with Crippen molar-refractivity contribution in [2.45, 2.75) is 57.8 Å². The van der Waals surface area contributed by atoms with E-state index in [2.05, 4.69) is 46.6 Å². The predicted molar refractivity (Wildman–Crippen MR) is 125 cm³/mol. The smallest absolute Gasteiger partial charge is 0.287 e. The predicted octanol–water partition coefficient (Wildman–Crippen LogP) is 5.55. The minimum Gasteiger partial charge on any atom is -0.497 e. The molecule has 1 heterocycles. The molecule has 0 unspecified atom stereocenters. The minimum atomic E-state index is -0.104. The second kappa shape index (κ2) is 11.0. The van der Waals surface area contributed by atoms with Gasteiger partial charge in [0.2, 0.25) is 0 Å². The Labute approximate surface area is 190 Å². The molecule has 0 atom stereocenters. The van der Waals surface area contributed by atoms with Gasteiger partial charge in [-0.25, -0.2) is 0 Å². The van der Waals surface area contributed by atoms with Gasteiger partial charge in [-0.05, 0) is 48.2 Å². The molecule has 0 aliphatic heterocycles. The molecule has 168 valence electrons. The number of hydrogen-bond acceptors (Lipinski definition) is 4. The average Bonchev–Trinajstić information content (AvgIpc) is 3.29. The van der Waals surface area contributed by atoms with Crippen molar-refractivity contribution < 1.29 is 13.9 Å². The fourth-order valence-electron chi connectivity index (χ4n) is 4.31. The van der Waals surface area contributed by atoms with Crippen LogP contribution in [-0.2, 0) is 19.6 Å². The van der Waals surface area contributed by atoms with Crippen molar-refractivity contribution in [1.82, 2.24) is 10.2 Å². The van der Waals surface area contributed by atoms with E-state index in [0.717, 1.165) is 37.4 Å². The summed E-state index contributed by atoms with van der Waals surface area (Å²) in [5.74, 6) is 1.94. The summed E-state index contributed by atoms with van der Waals surface area (Å²) in [6.45, 7) is 2.18. The van der Waals surface area contributed by atoms with Gasteiger partial charge >= 0.3 is 0 Å². The lowest BCUT2D eigenvalue weighted by atomic mass is 9.95. The number of hydrogen-bond donors (Lipinski definition) is 1. The number of methoxy groups -OCH3 is 1. The SMILES string of the molecule is COc1ccc(CN(Cc2ccccc2)Cc2ccc(C(=O)NC3CCCCC3)o2)cc1. The number of nitrogens with one attached hydrogen (secondary N) is 1. The van der Waals surface area contributed by atoms with Crippen LogP contribution in [0.5, 0.6) is 5.75 Å². The molecule has 5 heteroatoms. The van der Waals surface area contributed by atoms with Crippen molar-refractivity contribution in [3.8, 4) is 5.75 Å². The number of carbonyl (C=O) groups excluding carboxylic acids is 1. The largest absolute Gasteiger partial charge is 0.497 e. The summed E-state index contributed by atoms with van der Waals surface area (Å²) in [5.41, 5.74) is 2.44. The van der Waals surface area contributed by atoms with E-state index < -0.39 is 0 Å². The van der Waals surface area contributed by atoms with Crippen molar-refractivity contribution in [2.24, 2.45) is 0 Å². The first-order valence-corrected chi connectivity index (χ1v) is 11.5. The highest BCUT2D eigenvalue weighted by Gasteiger charge is 2.19. The number of carbonyl (C=O) groups is 1. The molecule has 2 aromatic carbocycles. The lowest BCUT2D eigenvalue weighted by Gasteiger charge is -2.22. The van der Waals surface area contributed by atoms with Gasteiger partial charge in [0.25, 0.3) is 5.91 Å². The van der Waals surface area contributed by atoms with E-state index in [9.17, 15) is 4.79 Å². The van der Waals surface area contributed by atoms with Gasteiger partial charge in [0, 0.05) is 19.1 Å². The molecule has 0 bridgehead atoms. The molecule has 1 amide bonds. The third-order valence-corrected chi connectivity index (χ3v) is 6.02. The van der Waals surface area contributed by atoms with E-state index in [0.29, 0.717) is 12.3 Å². The lowest BCUT2D eigenvalue weighted by Crippen LogP contribution is -2.35. The highest BCUT2D eigenvalue weighted by atomic mass is 16.5. The van der Waals surface area contributed by atoms with E-state index in [1.165, 1.54) is 30.4 Å². The van der Waals surface area contributed by atoms with E-state index in [1.807, 2.05) is 24.3 Å². The topological polar surface area (TPSA) is 54.7 Å². The van der Waals surface area contributed by atoms with Crippen LogP contribution in [0.1, 0.15) is 59.5 Å². The molecule has 1 aliphatic carbocycles. The normalized spacial score (nSPS) is 14.4. The van der Waals surface area contributed by atoms with Crippen molar-refractivity contribution in [3.63, 3.8) is 0 Å². The average molecular weight is 433 g/mol. The monoisotopic (exact) mass is 432 g/mol. The standard InChI is InChI=1S/C27H32N2O3/c1-31-24-14-12-22(13-15-24)19-29(18-21-8-4-2-5-9-21)20-25-16-17-26(32-25)27(30)28-23-10-6-3-7-11-23/h2,4-5,8-9,12-17,23H,3,6-7,10-11,18-20H2,1H3,(H,28,30). The molecular formula is C27H32N2O3. The Morgan fingerprint density at radius 2 is 1.59 bits per heavy atom. The molecule has 5 nitrogen and oxygen atoms in total. The van der Waals surface area contributed by atoms with E-state index >= 15 is 0 Å². The molecular weight excluding hydrogens is 400 g/mol. The molecule has 0 saturated heterocycles. The molecule has 3 aromatic rings. The van der Waals surface area contributed by atoms with Crippen molar-refractivity contribution in [3.05, 3.63) is 89.4 Å². The van der Waals surface area contributed by atoms with Gasteiger partial charge in [-0.1, -0.05) is 61.7 Å². The Balaban J connectivity index is 1.43. The third-order valence-electron chi connectivity index (χ3n) is 6.02. The Hall–Kier alpha value is -3.05. The van der Waals surface area contributed by atoms with Crippen LogP contribution < -0.4 is 10.1 Å². The van der Waals surface area contributed by atoms with Gasteiger partial charge in [-0.15, -0.1) is 0 Å². The summed E-state index contributed by atoms with van der Waals surface area (Å²) in [7, 11) is 1.68. The number of nitrogens with zero attached hydrogens (tertiary/aromatic N) is 1. The van der Waals surface area contributed by atoms with Crippen LogP contribution in [0.25, 0.3) is 0 Å². The maximum atomic E-state index is 12.6. The van der Waals surface area contributed by atoms with Crippen molar-refractivity contribution in [1.29, 1.82) is 0 Å². The molecule has 32 heavy (non-hydrogen) atoms. The summed E-state index contributed by atoms with van der Waals surface area (Å²) in [4.78, 5) is 14.9. The lowest BCUT2D eigenvalue weighted by molar-refractivity contribution is 0.0895. The van der Waals surface area contributed by atoms with Gasteiger partial charge in [0.15, 0.2) is 5.76 Å². The maximum Gasteiger partial charge on any atom is 0.287 e. The summed E-state index contributed by atoms with van der Waals surface area (Å²) in [5, 5.41) is 3.13. The van der Waals surface area contributed by atoms with E-state index in [-0.39, 0.29) is 11.9 Å². The zero-order chi connectivity index (χ0) is 22.2. The number of furan rings is 1. The summed E-state index contributed by atoms with van der Waals surface area (Å²) in [6, 6.07) is 22.5. The third kappa shape index (κ3) is 6.24. The molecule has 1 N–H and O–H groups in total. The second-order valence-corrected chi connectivity index (χ2v) is 8.55. The van der Waals surface area contributed by atoms with Gasteiger partial charge < -0.3 is 14.5 Å². The zero-order valence-corrected chi connectivity index (χ0v) is 18.8. The Bertz CT molecular complexity index is 976. The first-order valence-electron chi connectivity index (χ1n) is 11.5. The second-order valence-electron chi connectivity index (χ2n) is 8.55. The summed E-state index contributed by atoms with van der Waals surface area (Å²) in [6.07, 6.45) is 5.77. The van der Waals surface area contributed by atoms with E-state index in [4.69, 9.17) is 9.15 Å². The number of ether oxygens (including phenoxy) is 1. The van der Waals surface area contributed by atoms with Gasteiger partial charge in [-0.3, -0.25) is 9.69 Å². The Kier molecular flexibility index (Phi) is 7.62. The Morgan fingerprint density at radius 3 is 2.28 bits per heavy atom. The van der Waals surface area contributed by atoms with Gasteiger partial charge in [0.05, 0.1) is 13.7 Å². The van der Waals surface area contributed by atoms with Crippen LogP contribution in [0.4, 0.5) is 0 Å². The minimum absolute atomic E-state index is 0.104. The number of amides is 1. The Morgan fingerprint density at radius 1 is 0.906 bits per heavy atom. The molecule has 1 aromatic heterocycles. The fraction of sp³-hybridized carbons (Fsp3) is 0.370. The summed E-state index contributed by atoms with van der Waals surface area (Å²) < 4.78 is 11.2. The van der Waals surface area contributed by atoms with Crippen LogP contribution in [0.15, 0.2) is 71.1 Å². The van der Waals surface area contributed by atoms with Crippen LogP contribution in [0.3, 0.4) is 0 Å². The van der Waals surface area contributed by atoms with Gasteiger partial charge in [0.1, 0.15) is 11.5 Å². The fourth-order valence-corrected chi connectivity index (χ4v) is 4.31. The summed E-state index contributed by atoms with van der Waals surface area (Å²) >= 11 is 0. The number of rotatable bonds is 9. The van der Waals surface area contributed by atoms with E-state index in [1.54, 1.807) is 13.2 Å². The first-order chi connectivity index (χ1) is 15.7. The molecule has 0 radical (unpaired) electrons. The molecule has 1 saturated carbocycles. The maximum absolute atomic E-state index is 12.6. The van der Waals surface area contributed by atoms with Crippen LogP contribution in [-0.4, -0.2) is 24.0 Å². The highest BCUT2D eigenvalue weighted by molar-refractivity contribution is 5.91. The van der Waals surface area contributed by atoms with Crippen LogP contribution >= 0.6 is 0 Å². The highest BCUT2D eigenvalue weighted by Crippen LogP contribution is 2.20. The quantitative estimate of drug-likeness (QED) is 0.481. The van der Waals surface area contributed by atoms with Gasteiger partial charge in [-0.2, -0.15) is 0 Å². The van der Waals surface area contributed by atoms with Crippen LogP contribution in [0, 0.1) is 0 Å². The number of benzene rings is 2. The van der Waals surface area contributed by atoms with Crippen molar-refractivity contribution in [2.75, 3.05) is 7.11 Å². The first kappa shape index (κ1) is 22.2. The molecule has 0 spiro atoms. The van der Waals surface area contributed by atoms with Crippen molar-refractivity contribution >= 4 is 5.91 Å². The molecule has 1 fully saturated rings. The molecule has 4 rings (SSSR count).